The van der Waals surface area contributed by atoms with Gasteiger partial charge >= 0.3 is 0 Å². The van der Waals surface area contributed by atoms with E-state index in [0.717, 1.165) is 24.7 Å². The summed E-state index contributed by atoms with van der Waals surface area (Å²) in [5, 5.41) is 0.716. The van der Waals surface area contributed by atoms with Crippen LogP contribution in [-0.2, 0) is 14.3 Å². The summed E-state index contributed by atoms with van der Waals surface area (Å²) in [6.07, 6.45) is 5.08. The Balaban J connectivity index is 2.05. The molecule has 0 saturated heterocycles. The lowest BCUT2D eigenvalue weighted by molar-refractivity contribution is 0.202. The van der Waals surface area contributed by atoms with Gasteiger partial charge < -0.3 is 0 Å². The molecule has 3 nitrogen and oxygen atoms in total. The Bertz CT molecular complexity index is 546. The monoisotopic (exact) mass is 286 g/mol. The third kappa shape index (κ3) is 3.83. The molecule has 1 aromatic carbocycles. The summed E-state index contributed by atoms with van der Waals surface area (Å²) in [6.45, 7) is 0. The zero-order valence-corrected chi connectivity index (χ0v) is 11.7. The molecule has 0 aromatic heterocycles. The van der Waals surface area contributed by atoms with Gasteiger partial charge in [0, 0.05) is 5.02 Å². The van der Waals surface area contributed by atoms with Crippen molar-refractivity contribution in [1.82, 2.24) is 0 Å². The van der Waals surface area contributed by atoms with E-state index in [1.54, 1.807) is 0 Å². The van der Waals surface area contributed by atoms with E-state index in [0.29, 0.717) is 11.4 Å². The van der Waals surface area contributed by atoms with E-state index in [-0.39, 0.29) is 6.10 Å². The second kappa shape index (κ2) is 5.43. The molecule has 0 unspecified atom stereocenters. The molecule has 1 atom stereocenters. The Kier molecular flexibility index (Phi) is 4.10. The van der Waals surface area contributed by atoms with Crippen molar-refractivity contribution < 1.29 is 12.6 Å². The third-order valence-corrected chi connectivity index (χ3v) is 3.76. The highest BCUT2D eigenvalue weighted by Gasteiger charge is 2.19. The average molecular weight is 287 g/mol. The molecule has 0 heterocycles. The van der Waals surface area contributed by atoms with Gasteiger partial charge in [0.25, 0.3) is 10.1 Å². The number of halogens is 1. The van der Waals surface area contributed by atoms with Crippen LogP contribution in [0.3, 0.4) is 0 Å². The molecule has 5 heteroatoms. The highest BCUT2D eigenvalue weighted by atomic mass is 35.5. The lowest BCUT2D eigenvalue weighted by Gasteiger charge is -2.21. The van der Waals surface area contributed by atoms with Crippen LogP contribution in [0.1, 0.15) is 24.8 Å². The summed E-state index contributed by atoms with van der Waals surface area (Å²) in [5.41, 5.74) is 2.36. The molecule has 98 valence electrons. The van der Waals surface area contributed by atoms with Crippen molar-refractivity contribution in [3.63, 3.8) is 0 Å². The van der Waals surface area contributed by atoms with Crippen LogP contribution in [0.15, 0.2) is 30.3 Å². The van der Waals surface area contributed by atoms with Crippen LogP contribution in [0.4, 0.5) is 0 Å². The summed E-state index contributed by atoms with van der Waals surface area (Å²) in [5.74, 6) is 0. The summed E-state index contributed by atoms with van der Waals surface area (Å²) >= 11 is 5.84. The fourth-order valence-corrected chi connectivity index (χ4v) is 2.87. The molecule has 1 aliphatic carbocycles. The van der Waals surface area contributed by atoms with Gasteiger partial charge in [0.05, 0.1) is 12.4 Å². The van der Waals surface area contributed by atoms with Crippen molar-refractivity contribution >= 4 is 27.3 Å². The summed E-state index contributed by atoms with van der Waals surface area (Å²) in [7, 11) is -3.36. The first-order valence-corrected chi connectivity index (χ1v) is 7.97. The van der Waals surface area contributed by atoms with Crippen molar-refractivity contribution in [3.8, 4) is 0 Å². The maximum Gasteiger partial charge on any atom is 0.264 e. The number of allylic oxidation sites excluding steroid dienone is 1. The summed E-state index contributed by atoms with van der Waals surface area (Å²) in [4.78, 5) is 0. The molecule has 1 aliphatic rings. The smallest absolute Gasteiger partial charge is 0.264 e. The van der Waals surface area contributed by atoms with Crippen molar-refractivity contribution in [2.24, 2.45) is 0 Å². The number of hydrogen-bond acceptors (Lipinski definition) is 3. The largest absolute Gasteiger partial charge is 0.267 e. The average Bonchev–Trinajstić information content (AvgIpc) is 2.29. The Morgan fingerprint density at radius 3 is 2.44 bits per heavy atom. The predicted molar refractivity (Wildman–Crippen MR) is 73.0 cm³/mol. The molecule has 0 aliphatic heterocycles. The van der Waals surface area contributed by atoms with Crippen LogP contribution in [-0.4, -0.2) is 20.8 Å². The normalized spacial score (nSPS) is 20.6. The Hall–Kier alpha value is -0.840. The second-order valence-electron chi connectivity index (χ2n) is 4.43. The standard InChI is InChI=1S/C13H15ClO3S/c1-18(15,16)17-13-8-4-11(5-9-13)10-2-6-12(14)7-3-10/h2-4,6-7,13H,5,8-9H2,1H3/t13-/m1/s1. The van der Waals surface area contributed by atoms with Gasteiger partial charge in [-0.2, -0.15) is 8.42 Å². The molecule has 0 saturated carbocycles. The molecule has 0 fully saturated rings. The quantitative estimate of drug-likeness (QED) is 0.801. The molecule has 0 radical (unpaired) electrons. The fraction of sp³-hybridized carbons (Fsp3) is 0.385. The van der Waals surface area contributed by atoms with E-state index >= 15 is 0 Å². The highest BCUT2D eigenvalue weighted by Crippen LogP contribution is 2.29. The fourth-order valence-electron chi connectivity index (χ4n) is 2.07. The molecular weight excluding hydrogens is 272 g/mol. The van der Waals surface area contributed by atoms with Crippen LogP contribution >= 0.6 is 11.6 Å². The van der Waals surface area contributed by atoms with Crippen LogP contribution in [0.2, 0.25) is 5.02 Å². The molecular formula is C13H15ClO3S. The van der Waals surface area contributed by atoms with Gasteiger partial charge in [-0.25, -0.2) is 0 Å². The molecule has 0 spiro atoms. The Labute approximate surface area is 113 Å². The van der Waals surface area contributed by atoms with Gasteiger partial charge in [-0.3, -0.25) is 4.18 Å². The Morgan fingerprint density at radius 2 is 1.94 bits per heavy atom. The first-order chi connectivity index (χ1) is 8.44. The molecule has 0 bridgehead atoms. The van der Waals surface area contributed by atoms with Crippen molar-refractivity contribution in [1.29, 1.82) is 0 Å². The van der Waals surface area contributed by atoms with Gasteiger partial charge in [-0.1, -0.05) is 29.8 Å². The van der Waals surface area contributed by atoms with E-state index in [9.17, 15) is 8.42 Å². The topological polar surface area (TPSA) is 43.4 Å². The molecule has 0 N–H and O–H groups in total. The Morgan fingerprint density at radius 1 is 1.28 bits per heavy atom. The number of rotatable bonds is 3. The second-order valence-corrected chi connectivity index (χ2v) is 6.47. The highest BCUT2D eigenvalue weighted by molar-refractivity contribution is 7.86. The van der Waals surface area contributed by atoms with Crippen molar-refractivity contribution in [3.05, 3.63) is 40.9 Å². The van der Waals surface area contributed by atoms with Crippen LogP contribution in [0, 0.1) is 0 Å². The van der Waals surface area contributed by atoms with E-state index in [1.807, 2.05) is 30.3 Å². The zero-order chi connectivity index (χ0) is 13.2. The van der Waals surface area contributed by atoms with Crippen LogP contribution in [0.5, 0.6) is 0 Å². The summed E-state index contributed by atoms with van der Waals surface area (Å²) in [6, 6.07) is 7.67. The lowest BCUT2D eigenvalue weighted by Crippen LogP contribution is -2.19. The zero-order valence-electron chi connectivity index (χ0n) is 10.1. The minimum Gasteiger partial charge on any atom is -0.267 e. The van der Waals surface area contributed by atoms with Gasteiger partial charge in [0.1, 0.15) is 0 Å². The lowest BCUT2D eigenvalue weighted by atomic mass is 9.92. The summed E-state index contributed by atoms with van der Waals surface area (Å²) < 4.78 is 27.1. The van der Waals surface area contributed by atoms with E-state index < -0.39 is 10.1 Å². The van der Waals surface area contributed by atoms with Crippen LogP contribution in [0.25, 0.3) is 5.57 Å². The maximum absolute atomic E-state index is 11.0. The van der Waals surface area contributed by atoms with Gasteiger partial charge in [-0.15, -0.1) is 0 Å². The first-order valence-electron chi connectivity index (χ1n) is 5.77. The van der Waals surface area contributed by atoms with Gasteiger partial charge in [-0.05, 0) is 42.5 Å². The van der Waals surface area contributed by atoms with Gasteiger partial charge in [0.15, 0.2) is 0 Å². The van der Waals surface area contributed by atoms with E-state index in [1.165, 1.54) is 5.57 Å². The molecule has 18 heavy (non-hydrogen) atoms. The SMILES string of the molecule is CS(=O)(=O)O[C@@H]1CC=C(c2ccc(Cl)cc2)CC1. The van der Waals surface area contributed by atoms with Crippen molar-refractivity contribution in [2.75, 3.05) is 6.26 Å². The van der Waals surface area contributed by atoms with Crippen LogP contribution < -0.4 is 0 Å². The minimum atomic E-state index is -3.36. The van der Waals surface area contributed by atoms with E-state index in [4.69, 9.17) is 15.8 Å². The number of benzene rings is 1. The minimum absolute atomic E-state index is 0.226. The van der Waals surface area contributed by atoms with E-state index in [2.05, 4.69) is 0 Å². The van der Waals surface area contributed by atoms with Gasteiger partial charge in [0.2, 0.25) is 0 Å². The molecule has 0 amide bonds. The first kappa shape index (κ1) is 13.6. The van der Waals surface area contributed by atoms with Crippen molar-refractivity contribution in [2.45, 2.75) is 25.4 Å². The predicted octanol–water partition coefficient (Wildman–Crippen LogP) is 3.25. The maximum atomic E-state index is 11.0. The molecule has 2 rings (SSSR count). The number of hydrogen-bond donors (Lipinski definition) is 0. The third-order valence-electron chi connectivity index (χ3n) is 2.89. The molecule has 1 aromatic rings.